The van der Waals surface area contributed by atoms with Gasteiger partial charge >= 0.3 is 0 Å². The van der Waals surface area contributed by atoms with Crippen molar-refractivity contribution in [3.63, 3.8) is 0 Å². The standard InChI is InChI=1S/C15H15N3O2/c1-11-7-8-13(16-9-11)18-14(19)10-17-15(20)12-5-3-2-4-6-12/h2-9H,10H2,1H3,(H,17,20)(H,16,18,19). The van der Waals surface area contributed by atoms with Gasteiger partial charge in [-0.3, -0.25) is 9.59 Å². The highest BCUT2D eigenvalue weighted by atomic mass is 16.2. The summed E-state index contributed by atoms with van der Waals surface area (Å²) >= 11 is 0. The molecule has 0 saturated carbocycles. The number of pyridine rings is 1. The van der Waals surface area contributed by atoms with Gasteiger partial charge in [0, 0.05) is 11.8 Å². The fourth-order valence-corrected chi connectivity index (χ4v) is 1.58. The van der Waals surface area contributed by atoms with Gasteiger partial charge < -0.3 is 10.6 Å². The van der Waals surface area contributed by atoms with E-state index in [1.54, 1.807) is 36.5 Å². The number of carbonyl (C=O) groups is 2. The number of benzene rings is 1. The average molecular weight is 269 g/mol. The third-order valence-electron chi connectivity index (χ3n) is 2.62. The van der Waals surface area contributed by atoms with Gasteiger partial charge in [-0.2, -0.15) is 0 Å². The predicted octanol–water partition coefficient (Wildman–Crippen LogP) is 1.76. The largest absolute Gasteiger partial charge is 0.343 e. The molecule has 2 rings (SSSR count). The number of nitrogens with zero attached hydrogens (tertiary/aromatic N) is 1. The summed E-state index contributed by atoms with van der Waals surface area (Å²) in [7, 11) is 0. The molecule has 0 aliphatic heterocycles. The van der Waals surface area contributed by atoms with E-state index in [0.29, 0.717) is 11.4 Å². The van der Waals surface area contributed by atoms with E-state index in [9.17, 15) is 9.59 Å². The van der Waals surface area contributed by atoms with Crippen molar-refractivity contribution in [1.82, 2.24) is 10.3 Å². The van der Waals surface area contributed by atoms with Crippen LogP contribution in [0.5, 0.6) is 0 Å². The Morgan fingerprint density at radius 1 is 1.10 bits per heavy atom. The van der Waals surface area contributed by atoms with Crippen molar-refractivity contribution in [3.05, 3.63) is 59.8 Å². The molecule has 0 unspecified atom stereocenters. The molecule has 0 fully saturated rings. The zero-order valence-electron chi connectivity index (χ0n) is 11.1. The summed E-state index contributed by atoms with van der Waals surface area (Å²) in [5.74, 6) is -0.127. The number of carbonyl (C=O) groups excluding carboxylic acids is 2. The molecule has 0 bridgehead atoms. The van der Waals surface area contributed by atoms with Crippen LogP contribution in [0.3, 0.4) is 0 Å². The Bertz CT molecular complexity index is 594. The molecule has 0 aliphatic rings. The van der Waals surface area contributed by atoms with Crippen LogP contribution < -0.4 is 10.6 Å². The molecule has 5 heteroatoms. The minimum Gasteiger partial charge on any atom is -0.343 e. The molecule has 2 N–H and O–H groups in total. The summed E-state index contributed by atoms with van der Waals surface area (Å²) in [6.45, 7) is 1.82. The first-order valence-corrected chi connectivity index (χ1v) is 6.21. The van der Waals surface area contributed by atoms with Crippen LogP contribution in [0.4, 0.5) is 5.82 Å². The number of aryl methyl sites for hydroxylation is 1. The molecule has 0 spiro atoms. The molecule has 0 saturated heterocycles. The zero-order chi connectivity index (χ0) is 14.4. The van der Waals surface area contributed by atoms with Gasteiger partial charge in [-0.15, -0.1) is 0 Å². The van der Waals surface area contributed by atoms with Gasteiger partial charge in [0.05, 0.1) is 6.54 Å². The first-order valence-electron chi connectivity index (χ1n) is 6.21. The molecule has 102 valence electrons. The smallest absolute Gasteiger partial charge is 0.251 e. The molecular formula is C15H15N3O2. The summed E-state index contributed by atoms with van der Waals surface area (Å²) in [4.78, 5) is 27.5. The van der Waals surface area contributed by atoms with Crippen LogP contribution in [0.2, 0.25) is 0 Å². The number of hydrogen-bond donors (Lipinski definition) is 2. The van der Waals surface area contributed by atoms with Gasteiger partial charge in [0.2, 0.25) is 5.91 Å². The second kappa shape index (κ2) is 6.47. The maximum atomic E-state index is 11.7. The van der Waals surface area contributed by atoms with Crippen molar-refractivity contribution in [2.24, 2.45) is 0 Å². The summed E-state index contributed by atoms with van der Waals surface area (Å²) in [6.07, 6.45) is 1.66. The Kier molecular flexibility index (Phi) is 4.44. The Hall–Kier alpha value is -2.69. The molecule has 2 aromatic rings. The molecule has 2 amide bonds. The molecule has 1 aromatic heterocycles. The van der Waals surface area contributed by atoms with Gasteiger partial charge in [0.15, 0.2) is 0 Å². The van der Waals surface area contributed by atoms with Crippen LogP contribution in [0, 0.1) is 6.92 Å². The first kappa shape index (κ1) is 13.7. The van der Waals surface area contributed by atoms with Crippen LogP contribution >= 0.6 is 0 Å². The monoisotopic (exact) mass is 269 g/mol. The summed E-state index contributed by atoms with van der Waals surface area (Å²) in [5, 5.41) is 5.16. The summed E-state index contributed by atoms with van der Waals surface area (Å²) < 4.78 is 0. The third kappa shape index (κ3) is 3.91. The minimum atomic E-state index is -0.314. The highest BCUT2D eigenvalue weighted by Gasteiger charge is 2.07. The molecule has 5 nitrogen and oxygen atoms in total. The fourth-order valence-electron chi connectivity index (χ4n) is 1.58. The SMILES string of the molecule is Cc1ccc(NC(=O)CNC(=O)c2ccccc2)nc1. The number of amides is 2. The Morgan fingerprint density at radius 2 is 1.85 bits per heavy atom. The van der Waals surface area contributed by atoms with Crippen LogP contribution in [-0.4, -0.2) is 23.3 Å². The minimum absolute atomic E-state index is 0.0940. The van der Waals surface area contributed by atoms with Crippen LogP contribution in [0.1, 0.15) is 15.9 Å². The third-order valence-corrected chi connectivity index (χ3v) is 2.62. The van der Waals surface area contributed by atoms with E-state index >= 15 is 0 Å². The lowest BCUT2D eigenvalue weighted by Crippen LogP contribution is -2.32. The van der Waals surface area contributed by atoms with Crippen molar-refractivity contribution in [1.29, 1.82) is 0 Å². The molecule has 20 heavy (non-hydrogen) atoms. The van der Waals surface area contributed by atoms with Crippen LogP contribution in [0.25, 0.3) is 0 Å². The maximum absolute atomic E-state index is 11.7. The number of aromatic nitrogens is 1. The summed E-state index contributed by atoms with van der Waals surface area (Å²) in [6, 6.07) is 12.3. The molecule has 0 aliphatic carbocycles. The van der Waals surface area contributed by atoms with E-state index in [1.165, 1.54) is 0 Å². The molecule has 0 atom stereocenters. The van der Waals surface area contributed by atoms with Crippen molar-refractivity contribution in [2.75, 3.05) is 11.9 Å². The van der Waals surface area contributed by atoms with E-state index in [4.69, 9.17) is 0 Å². The normalized spacial score (nSPS) is 9.85. The van der Waals surface area contributed by atoms with Gasteiger partial charge in [-0.25, -0.2) is 4.98 Å². The van der Waals surface area contributed by atoms with Crippen LogP contribution in [-0.2, 0) is 4.79 Å². The van der Waals surface area contributed by atoms with E-state index < -0.39 is 0 Å². The summed E-state index contributed by atoms with van der Waals surface area (Å²) in [5.41, 5.74) is 1.54. The van der Waals surface area contributed by atoms with Crippen molar-refractivity contribution < 1.29 is 9.59 Å². The fraction of sp³-hybridized carbons (Fsp3) is 0.133. The molecule has 1 heterocycles. The van der Waals surface area contributed by atoms with Crippen molar-refractivity contribution >= 4 is 17.6 Å². The van der Waals surface area contributed by atoms with E-state index in [0.717, 1.165) is 5.56 Å². The van der Waals surface area contributed by atoms with Crippen molar-refractivity contribution in [2.45, 2.75) is 6.92 Å². The lowest BCUT2D eigenvalue weighted by Gasteiger charge is -2.06. The van der Waals surface area contributed by atoms with Gasteiger partial charge in [0.25, 0.3) is 5.91 Å². The highest BCUT2D eigenvalue weighted by Crippen LogP contribution is 2.03. The van der Waals surface area contributed by atoms with E-state index in [2.05, 4.69) is 15.6 Å². The van der Waals surface area contributed by atoms with Crippen LogP contribution in [0.15, 0.2) is 48.7 Å². The Labute approximate surface area is 117 Å². The quantitative estimate of drug-likeness (QED) is 0.888. The van der Waals surface area contributed by atoms with Crippen molar-refractivity contribution in [3.8, 4) is 0 Å². The lowest BCUT2D eigenvalue weighted by molar-refractivity contribution is -0.115. The Morgan fingerprint density at radius 3 is 2.50 bits per heavy atom. The number of nitrogens with one attached hydrogen (secondary N) is 2. The van der Waals surface area contributed by atoms with Gasteiger partial charge in [-0.05, 0) is 30.7 Å². The molecule has 1 aromatic carbocycles. The zero-order valence-corrected chi connectivity index (χ0v) is 11.1. The van der Waals surface area contributed by atoms with E-state index in [-0.39, 0.29) is 18.4 Å². The van der Waals surface area contributed by atoms with Gasteiger partial charge in [-0.1, -0.05) is 24.3 Å². The number of hydrogen-bond acceptors (Lipinski definition) is 3. The van der Waals surface area contributed by atoms with Gasteiger partial charge in [0.1, 0.15) is 5.82 Å². The number of anilines is 1. The molecular weight excluding hydrogens is 254 g/mol. The number of rotatable bonds is 4. The average Bonchev–Trinajstić information content (AvgIpc) is 2.48. The predicted molar refractivity (Wildman–Crippen MR) is 76.4 cm³/mol. The second-order valence-electron chi connectivity index (χ2n) is 4.32. The van der Waals surface area contributed by atoms with E-state index in [1.807, 2.05) is 19.1 Å². The highest BCUT2D eigenvalue weighted by molar-refractivity contribution is 5.98. The topological polar surface area (TPSA) is 71.1 Å². The lowest BCUT2D eigenvalue weighted by atomic mass is 10.2. The second-order valence-corrected chi connectivity index (χ2v) is 4.32. The molecule has 0 radical (unpaired) electrons. The first-order chi connectivity index (χ1) is 9.65. The maximum Gasteiger partial charge on any atom is 0.251 e. The Balaban J connectivity index is 1.83.